The summed E-state index contributed by atoms with van der Waals surface area (Å²) in [6.45, 7) is 4.94. The Bertz CT molecular complexity index is 460. The van der Waals surface area contributed by atoms with Crippen LogP contribution < -0.4 is 5.32 Å². The highest BCUT2D eigenvalue weighted by atomic mass is 16.4. The van der Waals surface area contributed by atoms with Crippen LogP contribution in [-0.2, 0) is 19.2 Å². The number of carboxylic acid groups (broad SMARTS) is 1. The van der Waals surface area contributed by atoms with Crippen molar-refractivity contribution < 1.29 is 24.3 Å². The Hall–Kier alpha value is -1.92. The molecular formula is C13H20N2O5. The van der Waals surface area contributed by atoms with Gasteiger partial charge in [0.15, 0.2) is 0 Å². The lowest BCUT2D eigenvalue weighted by molar-refractivity contribution is -0.153. The molecule has 112 valence electrons. The molecule has 1 heterocycles. The Morgan fingerprint density at radius 3 is 2.35 bits per heavy atom. The fraction of sp³-hybridized carbons (Fsp3) is 0.692. The van der Waals surface area contributed by atoms with E-state index in [-0.39, 0.29) is 24.7 Å². The number of aliphatic carboxylic acids is 1. The molecule has 7 heteroatoms. The second-order valence-electron chi connectivity index (χ2n) is 5.67. The van der Waals surface area contributed by atoms with Crippen molar-refractivity contribution in [2.24, 2.45) is 11.3 Å². The minimum Gasteiger partial charge on any atom is -0.481 e. The first-order valence-corrected chi connectivity index (χ1v) is 6.42. The molecule has 0 spiro atoms. The van der Waals surface area contributed by atoms with Crippen LogP contribution in [0.4, 0.5) is 0 Å². The summed E-state index contributed by atoms with van der Waals surface area (Å²) >= 11 is 0. The van der Waals surface area contributed by atoms with E-state index in [1.54, 1.807) is 13.8 Å². The third kappa shape index (κ3) is 2.97. The number of nitrogens with zero attached hydrogens (tertiary/aromatic N) is 1. The predicted molar refractivity (Wildman–Crippen MR) is 69.5 cm³/mol. The zero-order valence-electron chi connectivity index (χ0n) is 12.1. The summed E-state index contributed by atoms with van der Waals surface area (Å²) in [4.78, 5) is 47.2. The number of carbonyl (C=O) groups is 4. The van der Waals surface area contributed by atoms with Crippen molar-refractivity contribution in [1.29, 1.82) is 0 Å². The molecule has 0 radical (unpaired) electrons. The number of rotatable bonds is 5. The number of likely N-dealkylation sites (tertiary alicyclic amines) is 1. The first kappa shape index (κ1) is 16.1. The average Bonchev–Trinajstić information content (AvgIpc) is 2.56. The van der Waals surface area contributed by atoms with E-state index in [0.717, 1.165) is 4.90 Å². The second kappa shape index (κ2) is 5.60. The van der Waals surface area contributed by atoms with Crippen molar-refractivity contribution in [3.05, 3.63) is 0 Å². The average molecular weight is 284 g/mol. The van der Waals surface area contributed by atoms with Gasteiger partial charge in [0.05, 0.1) is 11.8 Å². The Morgan fingerprint density at radius 2 is 2.00 bits per heavy atom. The third-order valence-corrected chi connectivity index (χ3v) is 4.01. The van der Waals surface area contributed by atoms with Crippen molar-refractivity contribution in [2.45, 2.75) is 39.7 Å². The van der Waals surface area contributed by atoms with E-state index in [1.165, 1.54) is 14.0 Å². The van der Waals surface area contributed by atoms with Gasteiger partial charge < -0.3 is 10.4 Å². The minimum atomic E-state index is -1.21. The molecule has 1 aliphatic heterocycles. The molecule has 1 fully saturated rings. The molecule has 2 unspecified atom stereocenters. The van der Waals surface area contributed by atoms with Crippen LogP contribution in [-0.4, -0.2) is 46.8 Å². The number of likely N-dealkylation sites (N-methyl/N-ethyl adjacent to an activating group) is 1. The van der Waals surface area contributed by atoms with Crippen molar-refractivity contribution in [3.63, 3.8) is 0 Å². The topological polar surface area (TPSA) is 104 Å². The van der Waals surface area contributed by atoms with Gasteiger partial charge in [0.25, 0.3) is 5.91 Å². The monoisotopic (exact) mass is 284 g/mol. The quantitative estimate of drug-likeness (QED) is 0.691. The second-order valence-corrected chi connectivity index (χ2v) is 5.67. The molecule has 0 aromatic rings. The van der Waals surface area contributed by atoms with E-state index in [0.29, 0.717) is 0 Å². The van der Waals surface area contributed by atoms with Crippen molar-refractivity contribution in [1.82, 2.24) is 10.2 Å². The number of hydrogen-bond acceptors (Lipinski definition) is 4. The van der Waals surface area contributed by atoms with Crippen molar-refractivity contribution >= 4 is 23.7 Å². The molecule has 0 aliphatic carbocycles. The molecule has 0 saturated carbocycles. The molecule has 2 atom stereocenters. The van der Waals surface area contributed by atoms with Gasteiger partial charge in [-0.2, -0.15) is 0 Å². The summed E-state index contributed by atoms with van der Waals surface area (Å²) in [5, 5.41) is 11.7. The fourth-order valence-corrected chi connectivity index (χ4v) is 1.97. The lowest BCUT2D eigenvalue weighted by Gasteiger charge is -2.28. The van der Waals surface area contributed by atoms with Crippen LogP contribution in [0.1, 0.15) is 33.6 Å². The van der Waals surface area contributed by atoms with Gasteiger partial charge in [0.2, 0.25) is 11.8 Å². The highest BCUT2D eigenvalue weighted by Gasteiger charge is 2.41. The highest BCUT2D eigenvalue weighted by molar-refractivity contribution is 6.06. The molecule has 1 aliphatic rings. The lowest BCUT2D eigenvalue weighted by Crippen LogP contribution is -2.44. The van der Waals surface area contributed by atoms with Crippen LogP contribution in [0.25, 0.3) is 0 Å². The molecular weight excluding hydrogens is 264 g/mol. The van der Waals surface area contributed by atoms with Crippen LogP contribution in [0.15, 0.2) is 0 Å². The summed E-state index contributed by atoms with van der Waals surface area (Å²) in [5.41, 5.74) is -1.21. The predicted octanol–water partition coefficient (Wildman–Crippen LogP) is -0.00310. The number of carboxylic acids is 1. The Kier molecular flexibility index (Phi) is 4.52. The van der Waals surface area contributed by atoms with Gasteiger partial charge in [-0.3, -0.25) is 24.1 Å². The van der Waals surface area contributed by atoms with Crippen LogP contribution in [0.2, 0.25) is 0 Å². The summed E-state index contributed by atoms with van der Waals surface area (Å²) in [6, 6.07) is -0.884. The number of hydrogen-bond donors (Lipinski definition) is 2. The van der Waals surface area contributed by atoms with Crippen molar-refractivity contribution in [2.75, 3.05) is 7.05 Å². The van der Waals surface area contributed by atoms with Gasteiger partial charge >= 0.3 is 5.97 Å². The van der Waals surface area contributed by atoms with Gasteiger partial charge in [0, 0.05) is 13.5 Å². The number of nitrogens with one attached hydrogen (secondary N) is 1. The first-order valence-electron chi connectivity index (χ1n) is 6.42. The maximum atomic E-state index is 11.9. The molecule has 7 nitrogen and oxygen atoms in total. The Labute approximate surface area is 117 Å². The van der Waals surface area contributed by atoms with Gasteiger partial charge in [0.1, 0.15) is 6.04 Å². The lowest BCUT2D eigenvalue weighted by atomic mass is 9.76. The zero-order valence-corrected chi connectivity index (χ0v) is 12.1. The molecule has 0 bridgehead atoms. The van der Waals surface area contributed by atoms with E-state index in [4.69, 9.17) is 0 Å². The van der Waals surface area contributed by atoms with E-state index < -0.39 is 29.2 Å². The molecule has 1 saturated heterocycles. The molecule has 0 aromatic heterocycles. The van der Waals surface area contributed by atoms with Crippen LogP contribution >= 0.6 is 0 Å². The summed E-state index contributed by atoms with van der Waals surface area (Å²) in [6.07, 6.45) is -0.311. The molecule has 20 heavy (non-hydrogen) atoms. The van der Waals surface area contributed by atoms with E-state index in [2.05, 4.69) is 5.32 Å². The highest BCUT2D eigenvalue weighted by Crippen LogP contribution is 2.31. The van der Waals surface area contributed by atoms with Crippen LogP contribution in [0.5, 0.6) is 0 Å². The summed E-state index contributed by atoms with van der Waals surface area (Å²) < 4.78 is 0. The van der Waals surface area contributed by atoms with Crippen LogP contribution in [0, 0.1) is 11.3 Å². The largest absolute Gasteiger partial charge is 0.481 e. The molecule has 3 amide bonds. The third-order valence-electron chi connectivity index (χ3n) is 4.01. The van der Waals surface area contributed by atoms with E-state index in [1.807, 2.05) is 0 Å². The zero-order chi connectivity index (χ0) is 15.7. The minimum absolute atomic E-state index is 0.0768. The summed E-state index contributed by atoms with van der Waals surface area (Å²) in [5.74, 6) is -2.66. The normalized spacial score (nSPS) is 22.1. The first-order chi connectivity index (χ1) is 9.09. The SMILES string of the molecule is CC(C)C(C)(CC(=O)NC1CC(=O)N(C)C1=O)C(=O)O. The maximum Gasteiger partial charge on any atom is 0.310 e. The van der Waals surface area contributed by atoms with Crippen molar-refractivity contribution in [3.8, 4) is 0 Å². The molecule has 0 aromatic carbocycles. The molecule has 2 N–H and O–H groups in total. The maximum absolute atomic E-state index is 11.9. The Morgan fingerprint density at radius 1 is 1.45 bits per heavy atom. The fourth-order valence-electron chi connectivity index (χ4n) is 1.97. The number of carbonyl (C=O) groups excluding carboxylic acids is 3. The smallest absolute Gasteiger partial charge is 0.310 e. The Balaban J connectivity index is 2.71. The van der Waals surface area contributed by atoms with E-state index >= 15 is 0 Å². The molecule has 1 rings (SSSR count). The van der Waals surface area contributed by atoms with Crippen LogP contribution in [0.3, 0.4) is 0 Å². The summed E-state index contributed by atoms with van der Waals surface area (Å²) in [7, 11) is 1.35. The van der Waals surface area contributed by atoms with E-state index in [9.17, 15) is 24.3 Å². The standard InChI is InChI=1S/C13H20N2O5/c1-7(2)13(3,12(19)20)6-9(16)14-8-5-10(17)15(4)11(8)18/h7-8H,5-6H2,1-4H3,(H,14,16)(H,19,20). The number of imide groups is 1. The van der Waals surface area contributed by atoms with Gasteiger partial charge in [-0.15, -0.1) is 0 Å². The van der Waals surface area contributed by atoms with Gasteiger partial charge in [-0.05, 0) is 12.8 Å². The van der Waals surface area contributed by atoms with Gasteiger partial charge in [-0.25, -0.2) is 0 Å². The van der Waals surface area contributed by atoms with Gasteiger partial charge in [-0.1, -0.05) is 13.8 Å². The number of amides is 3.